The van der Waals surface area contributed by atoms with Gasteiger partial charge in [0, 0.05) is 46.8 Å². The number of aliphatic imine (C=N–C) groups is 1. The number of primary amides is 1. The van der Waals surface area contributed by atoms with Gasteiger partial charge in [-0.3, -0.25) is 4.79 Å². The van der Waals surface area contributed by atoms with Crippen LogP contribution in [-0.2, 0) is 13.0 Å². The molecule has 3 heterocycles. The Hall–Kier alpha value is -2.44. The summed E-state index contributed by atoms with van der Waals surface area (Å²) >= 11 is 1.57. The summed E-state index contributed by atoms with van der Waals surface area (Å²) in [6, 6.07) is 8.08. The summed E-state index contributed by atoms with van der Waals surface area (Å²) in [5, 5.41) is 1.83. The number of thiophene rings is 1. The molecule has 1 amide bonds. The fourth-order valence-corrected chi connectivity index (χ4v) is 4.47. The third-order valence-corrected chi connectivity index (χ3v) is 5.54. The molecule has 1 aliphatic rings. The number of rotatable bonds is 3. The maximum absolute atomic E-state index is 11.9. The van der Waals surface area contributed by atoms with E-state index in [0.717, 1.165) is 41.5 Å². The predicted molar refractivity (Wildman–Crippen MR) is 98.4 cm³/mol. The molecule has 3 aromatic rings. The van der Waals surface area contributed by atoms with Gasteiger partial charge in [0.15, 0.2) is 0 Å². The number of aromatic amines is 1. The van der Waals surface area contributed by atoms with Crippen molar-refractivity contribution in [1.82, 2.24) is 9.88 Å². The van der Waals surface area contributed by atoms with Gasteiger partial charge in [-0.15, -0.1) is 11.3 Å². The second-order valence-electron chi connectivity index (χ2n) is 6.08. The Labute approximate surface area is 143 Å². The first-order chi connectivity index (χ1) is 11.6. The summed E-state index contributed by atoms with van der Waals surface area (Å²) in [5.41, 5.74) is 9.38. The number of aromatic nitrogens is 1. The van der Waals surface area contributed by atoms with Crippen LogP contribution in [0.2, 0.25) is 0 Å². The van der Waals surface area contributed by atoms with Crippen molar-refractivity contribution in [2.45, 2.75) is 13.0 Å². The number of hydrogen-bond donors (Lipinski definition) is 2. The summed E-state index contributed by atoms with van der Waals surface area (Å²) in [6.45, 7) is 1.79. The molecule has 0 fully saturated rings. The molecule has 5 nitrogen and oxygen atoms in total. The highest BCUT2D eigenvalue weighted by atomic mass is 32.1. The van der Waals surface area contributed by atoms with Crippen LogP contribution in [0.4, 0.5) is 5.00 Å². The zero-order valence-corrected chi connectivity index (χ0v) is 14.2. The van der Waals surface area contributed by atoms with Crippen LogP contribution in [0.1, 0.15) is 26.4 Å². The van der Waals surface area contributed by atoms with E-state index in [4.69, 9.17) is 5.73 Å². The van der Waals surface area contributed by atoms with Crippen LogP contribution in [0.25, 0.3) is 10.9 Å². The van der Waals surface area contributed by atoms with Crippen LogP contribution >= 0.6 is 11.3 Å². The average molecular weight is 338 g/mol. The Morgan fingerprint density at radius 1 is 1.42 bits per heavy atom. The normalized spacial score (nSPS) is 15.2. The van der Waals surface area contributed by atoms with Gasteiger partial charge in [0.1, 0.15) is 5.00 Å². The van der Waals surface area contributed by atoms with E-state index in [1.54, 1.807) is 11.3 Å². The maximum Gasteiger partial charge on any atom is 0.252 e. The Kier molecular flexibility index (Phi) is 3.70. The van der Waals surface area contributed by atoms with Crippen LogP contribution in [0, 0.1) is 0 Å². The zero-order chi connectivity index (χ0) is 16.7. The van der Waals surface area contributed by atoms with E-state index in [0.29, 0.717) is 10.6 Å². The van der Waals surface area contributed by atoms with Crippen LogP contribution in [0.15, 0.2) is 35.5 Å². The number of fused-ring (bicyclic) bond motifs is 2. The van der Waals surface area contributed by atoms with E-state index in [9.17, 15) is 4.79 Å². The molecule has 122 valence electrons. The molecule has 0 saturated carbocycles. The highest BCUT2D eigenvalue weighted by Gasteiger charge is 2.25. The molecule has 0 radical (unpaired) electrons. The van der Waals surface area contributed by atoms with Crippen molar-refractivity contribution < 1.29 is 4.79 Å². The minimum absolute atomic E-state index is 0.386. The molecule has 0 saturated heterocycles. The molecule has 6 heteroatoms. The third-order valence-electron chi connectivity index (χ3n) is 4.42. The lowest BCUT2D eigenvalue weighted by Crippen LogP contribution is -2.26. The smallest absolute Gasteiger partial charge is 0.252 e. The van der Waals surface area contributed by atoms with Crippen LogP contribution in [0.5, 0.6) is 0 Å². The lowest BCUT2D eigenvalue weighted by molar-refractivity contribution is 0.1000. The number of para-hydroxylation sites is 1. The largest absolute Gasteiger partial charge is 0.365 e. The molecular formula is C18H18N4OS. The number of nitrogens with zero attached hydrogens (tertiary/aromatic N) is 2. The predicted octanol–water partition coefficient (Wildman–Crippen LogP) is 3.07. The van der Waals surface area contributed by atoms with Crippen LogP contribution < -0.4 is 5.73 Å². The number of amides is 1. The first-order valence-corrected chi connectivity index (χ1v) is 8.68. The number of H-pyrrole nitrogens is 1. The highest BCUT2D eigenvalue weighted by Crippen LogP contribution is 2.38. The molecule has 0 atom stereocenters. The topological polar surface area (TPSA) is 74.5 Å². The van der Waals surface area contributed by atoms with Crippen molar-refractivity contribution in [3.05, 3.63) is 52.0 Å². The van der Waals surface area contributed by atoms with Gasteiger partial charge in [-0.2, -0.15) is 0 Å². The number of benzene rings is 1. The third kappa shape index (κ3) is 2.53. The minimum Gasteiger partial charge on any atom is -0.365 e. The van der Waals surface area contributed by atoms with Crippen molar-refractivity contribution in [2.75, 3.05) is 13.6 Å². The SMILES string of the molecule is CN1CCc2c(sc(/N=C/c3c[nH]c4ccccc34)c2C(N)=O)C1. The number of carbonyl (C=O) groups excluding carboxylic acids is 1. The molecule has 24 heavy (non-hydrogen) atoms. The van der Waals surface area contributed by atoms with Gasteiger partial charge in [0.05, 0.1) is 5.56 Å². The lowest BCUT2D eigenvalue weighted by Gasteiger charge is -2.22. The Bertz CT molecular complexity index is 953. The van der Waals surface area contributed by atoms with Gasteiger partial charge < -0.3 is 15.6 Å². The lowest BCUT2D eigenvalue weighted by atomic mass is 10.0. The molecule has 1 aliphatic heterocycles. The Morgan fingerprint density at radius 2 is 2.25 bits per heavy atom. The van der Waals surface area contributed by atoms with Crippen molar-refractivity contribution in [3.8, 4) is 0 Å². The van der Waals surface area contributed by atoms with E-state index in [2.05, 4.69) is 28.0 Å². The Balaban J connectivity index is 1.75. The summed E-state index contributed by atoms with van der Waals surface area (Å²) in [6.07, 6.45) is 4.59. The van der Waals surface area contributed by atoms with Gasteiger partial charge in [0.25, 0.3) is 5.91 Å². The number of carbonyl (C=O) groups is 1. The first-order valence-electron chi connectivity index (χ1n) is 7.86. The van der Waals surface area contributed by atoms with Gasteiger partial charge in [-0.25, -0.2) is 4.99 Å². The summed E-state index contributed by atoms with van der Waals surface area (Å²) in [5.74, 6) is -0.386. The van der Waals surface area contributed by atoms with E-state index in [1.165, 1.54) is 4.88 Å². The summed E-state index contributed by atoms with van der Waals surface area (Å²) in [4.78, 5) is 23.2. The van der Waals surface area contributed by atoms with E-state index >= 15 is 0 Å². The average Bonchev–Trinajstić information content (AvgIpc) is 3.13. The van der Waals surface area contributed by atoms with E-state index in [1.807, 2.05) is 30.6 Å². The molecule has 0 bridgehead atoms. The van der Waals surface area contributed by atoms with Crippen molar-refractivity contribution in [2.24, 2.45) is 10.7 Å². The number of hydrogen-bond acceptors (Lipinski definition) is 4. The zero-order valence-electron chi connectivity index (χ0n) is 13.4. The van der Waals surface area contributed by atoms with Gasteiger partial charge in [-0.1, -0.05) is 18.2 Å². The number of likely N-dealkylation sites (N-methyl/N-ethyl adjacent to an activating group) is 1. The molecule has 1 aromatic carbocycles. The van der Waals surface area contributed by atoms with Gasteiger partial charge in [0.2, 0.25) is 0 Å². The molecule has 2 aromatic heterocycles. The van der Waals surface area contributed by atoms with Crippen LogP contribution in [0.3, 0.4) is 0 Å². The highest BCUT2D eigenvalue weighted by molar-refractivity contribution is 7.16. The van der Waals surface area contributed by atoms with Crippen LogP contribution in [-0.4, -0.2) is 35.6 Å². The Morgan fingerprint density at radius 3 is 3.08 bits per heavy atom. The second kappa shape index (κ2) is 5.89. The monoisotopic (exact) mass is 338 g/mol. The van der Waals surface area contributed by atoms with E-state index < -0.39 is 0 Å². The first kappa shape index (κ1) is 15.1. The van der Waals surface area contributed by atoms with Crippen molar-refractivity contribution in [3.63, 3.8) is 0 Å². The fraction of sp³-hybridized carbons (Fsp3) is 0.222. The van der Waals surface area contributed by atoms with Crippen molar-refractivity contribution >= 4 is 39.4 Å². The van der Waals surface area contributed by atoms with Gasteiger partial charge in [-0.05, 0) is 25.1 Å². The van der Waals surface area contributed by atoms with Crippen molar-refractivity contribution in [1.29, 1.82) is 0 Å². The molecule has 0 spiro atoms. The fourth-order valence-electron chi connectivity index (χ4n) is 3.19. The number of nitrogens with one attached hydrogen (secondary N) is 1. The second-order valence-corrected chi connectivity index (χ2v) is 7.17. The van der Waals surface area contributed by atoms with Gasteiger partial charge >= 0.3 is 0 Å². The molecular weight excluding hydrogens is 320 g/mol. The standard InChI is InChI=1S/C18H18N4OS/c1-22-7-6-13-15(10-22)24-18(16(13)17(19)23)21-9-11-8-20-14-5-3-2-4-12(11)14/h2-5,8-9,20H,6-7,10H2,1H3,(H2,19,23)/b21-9+. The van der Waals surface area contributed by atoms with E-state index in [-0.39, 0.29) is 5.91 Å². The molecule has 3 N–H and O–H groups in total. The summed E-state index contributed by atoms with van der Waals surface area (Å²) in [7, 11) is 2.08. The maximum atomic E-state index is 11.9. The molecule has 0 aliphatic carbocycles. The minimum atomic E-state index is -0.386. The molecule has 4 rings (SSSR count). The quantitative estimate of drug-likeness (QED) is 0.720. The summed E-state index contributed by atoms with van der Waals surface area (Å²) < 4.78 is 0. The number of nitrogens with two attached hydrogens (primary N) is 1. The molecule has 0 unspecified atom stereocenters.